The Balaban J connectivity index is 0.000000494. The molecule has 4 nitrogen and oxygen atoms in total. The molecule has 2 aliphatic rings. The second-order valence-electron chi connectivity index (χ2n) is 9.92. The van der Waals surface area contributed by atoms with Crippen LogP contribution in [0.2, 0.25) is 10.0 Å². The van der Waals surface area contributed by atoms with E-state index in [1.807, 2.05) is 36.5 Å². The van der Waals surface area contributed by atoms with Gasteiger partial charge in [-0.2, -0.15) is 0 Å². The van der Waals surface area contributed by atoms with Gasteiger partial charge in [0.25, 0.3) is 0 Å². The van der Waals surface area contributed by atoms with Gasteiger partial charge < -0.3 is 4.74 Å². The van der Waals surface area contributed by atoms with Crippen LogP contribution in [0.4, 0.5) is 0 Å². The minimum Gasteiger partial charge on any atom is -0.358 e. The van der Waals surface area contributed by atoms with Crippen LogP contribution in [-0.4, -0.2) is 33.6 Å². The lowest BCUT2D eigenvalue weighted by Gasteiger charge is -2.39. The number of aromatic nitrogens is 2. The van der Waals surface area contributed by atoms with Crippen LogP contribution in [0.25, 0.3) is 0 Å². The van der Waals surface area contributed by atoms with Crippen LogP contribution in [0.5, 0.6) is 0 Å². The molecule has 38 heavy (non-hydrogen) atoms. The van der Waals surface area contributed by atoms with Crippen LogP contribution < -0.4 is 0 Å². The Bertz CT molecular complexity index is 1190. The van der Waals surface area contributed by atoms with E-state index in [2.05, 4.69) is 59.9 Å². The van der Waals surface area contributed by atoms with Crippen LogP contribution in [-0.2, 0) is 11.3 Å². The second kappa shape index (κ2) is 13.5. The third-order valence-electron chi connectivity index (χ3n) is 7.04. The minimum absolute atomic E-state index is 0.130. The average Bonchev–Trinajstić information content (AvgIpc) is 3.21. The number of nitrogens with zero attached hydrogens (tertiary/aromatic N) is 3. The van der Waals surface area contributed by atoms with Crippen molar-refractivity contribution in [2.24, 2.45) is 0 Å². The summed E-state index contributed by atoms with van der Waals surface area (Å²) in [5, 5.41) is 1.30. The molecule has 5 rings (SSSR count). The van der Waals surface area contributed by atoms with Crippen molar-refractivity contribution in [3.63, 3.8) is 0 Å². The minimum atomic E-state index is -0.256. The molecule has 0 bridgehead atoms. The summed E-state index contributed by atoms with van der Waals surface area (Å²) in [6.07, 6.45) is 13.9. The van der Waals surface area contributed by atoms with E-state index in [-0.39, 0.29) is 11.7 Å². The number of pyridine rings is 2. The first-order valence-electron chi connectivity index (χ1n) is 13.5. The predicted octanol–water partition coefficient (Wildman–Crippen LogP) is 8.56. The summed E-state index contributed by atoms with van der Waals surface area (Å²) in [5.41, 5.74) is 5.74. The molecule has 0 N–H and O–H groups in total. The molecule has 0 radical (unpaired) electrons. The fourth-order valence-electron chi connectivity index (χ4n) is 5.27. The van der Waals surface area contributed by atoms with Gasteiger partial charge in [-0.25, -0.2) is 0 Å². The van der Waals surface area contributed by atoms with E-state index in [9.17, 15) is 0 Å². The van der Waals surface area contributed by atoms with Crippen LogP contribution in [0.15, 0.2) is 90.4 Å². The molecular formula is C32H37Cl2N3O. The molecule has 4 heterocycles. The van der Waals surface area contributed by atoms with Gasteiger partial charge in [0.15, 0.2) is 0 Å². The van der Waals surface area contributed by atoms with E-state index in [1.165, 1.54) is 16.7 Å². The Morgan fingerprint density at radius 2 is 1.66 bits per heavy atom. The summed E-state index contributed by atoms with van der Waals surface area (Å²) in [6.45, 7) is 9.31. The van der Waals surface area contributed by atoms with Crippen LogP contribution in [0.1, 0.15) is 62.5 Å². The van der Waals surface area contributed by atoms with E-state index in [1.54, 1.807) is 18.5 Å². The molecule has 200 valence electrons. The van der Waals surface area contributed by atoms with Crippen molar-refractivity contribution in [3.05, 3.63) is 117 Å². The molecule has 1 unspecified atom stereocenters. The van der Waals surface area contributed by atoms with Gasteiger partial charge in [0.05, 0.1) is 11.3 Å². The maximum Gasteiger partial charge on any atom is 0.109 e. The summed E-state index contributed by atoms with van der Waals surface area (Å²) < 4.78 is 6.93. The van der Waals surface area contributed by atoms with Gasteiger partial charge in [-0.15, -0.1) is 0 Å². The van der Waals surface area contributed by atoms with Gasteiger partial charge >= 0.3 is 0 Å². The molecular weight excluding hydrogens is 513 g/mol. The van der Waals surface area contributed by atoms with Gasteiger partial charge in [-0.05, 0) is 91.3 Å². The number of benzene rings is 1. The van der Waals surface area contributed by atoms with Gasteiger partial charge in [0, 0.05) is 48.3 Å². The highest BCUT2D eigenvalue weighted by Gasteiger charge is 2.49. The lowest BCUT2D eigenvalue weighted by Crippen LogP contribution is -2.44. The van der Waals surface area contributed by atoms with E-state index in [0.717, 1.165) is 56.6 Å². The van der Waals surface area contributed by atoms with Crippen molar-refractivity contribution < 1.29 is 4.74 Å². The number of ether oxygens (including phenoxy) is 1. The molecule has 1 aromatic carbocycles. The third-order valence-corrected chi connectivity index (χ3v) is 7.47. The molecule has 6 heteroatoms. The van der Waals surface area contributed by atoms with E-state index < -0.39 is 0 Å². The molecule has 0 amide bonds. The lowest BCUT2D eigenvalue weighted by atomic mass is 9.80. The molecule has 2 fully saturated rings. The average molecular weight is 551 g/mol. The zero-order valence-corrected chi connectivity index (χ0v) is 24.1. The summed E-state index contributed by atoms with van der Waals surface area (Å²) in [6, 6.07) is 15.7. The smallest absolute Gasteiger partial charge is 0.109 e. The van der Waals surface area contributed by atoms with Crippen molar-refractivity contribution in [1.29, 1.82) is 0 Å². The van der Waals surface area contributed by atoms with Crippen LogP contribution in [0, 0.1) is 6.92 Å². The summed E-state index contributed by atoms with van der Waals surface area (Å²) in [7, 11) is 0. The fraction of sp³-hybridized carbons (Fsp3) is 0.375. The maximum absolute atomic E-state index is 6.93. The first kappa shape index (κ1) is 28.5. The van der Waals surface area contributed by atoms with E-state index >= 15 is 0 Å². The Kier molecular flexibility index (Phi) is 10.1. The molecule has 0 aliphatic carbocycles. The molecule has 0 saturated carbocycles. The first-order chi connectivity index (χ1) is 18.4. The van der Waals surface area contributed by atoms with E-state index in [4.69, 9.17) is 27.9 Å². The normalized spacial score (nSPS) is 21.0. The Hall–Kier alpha value is -2.50. The van der Waals surface area contributed by atoms with Crippen LogP contribution in [0.3, 0.4) is 0 Å². The van der Waals surface area contributed by atoms with Crippen molar-refractivity contribution in [3.8, 4) is 0 Å². The number of hydrogen-bond donors (Lipinski definition) is 0. The topological polar surface area (TPSA) is 38.2 Å². The Morgan fingerprint density at radius 1 is 0.974 bits per heavy atom. The van der Waals surface area contributed by atoms with Crippen molar-refractivity contribution in [1.82, 2.24) is 14.9 Å². The highest BCUT2D eigenvalue weighted by Crippen LogP contribution is 2.53. The maximum atomic E-state index is 6.93. The van der Waals surface area contributed by atoms with Gasteiger partial charge in [0.2, 0.25) is 0 Å². The van der Waals surface area contributed by atoms with Gasteiger partial charge in [-0.3, -0.25) is 14.9 Å². The highest BCUT2D eigenvalue weighted by atomic mass is 35.5. The zero-order valence-electron chi connectivity index (χ0n) is 22.5. The third kappa shape index (κ3) is 7.12. The van der Waals surface area contributed by atoms with Crippen LogP contribution >= 0.6 is 23.2 Å². The van der Waals surface area contributed by atoms with Gasteiger partial charge in [-0.1, -0.05) is 61.3 Å². The predicted molar refractivity (Wildman–Crippen MR) is 157 cm³/mol. The number of halogens is 2. The van der Waals surface area contributed by atoms with Gasteiger partial charge in [0.1, 0.15) is 6.10 Å². The van der Waals surface area contributed by atoms with Crippen molar-refractivity contribution >= 4 is 23.2 Å². The molecule has 2 aliphatic heterocycles. The number of hydrogen-bond acceptors (Lipinski definition) is 4. The standard InChI is InChI=1S/C27H32Cl2N2O.C5H5N/c1-4-6-24-25(7-5-2)27(32-26(24)20-14-21(28)16-22(29)15-20)10-12-31(13-11-27)18-23-9-8-19(3)17-30-23;1-2-4-6-5-3-1/h6-9,14-17,26H,4-5,10-13,18H2,1-3H3;1-5H/b24-6+,25-7+;. The van der Waals surface area contributed by atoms with Crippen molar-refractivity contribution in [2.75, 3.05) is 13.1 Å². The quantitative estimate of drug-likeness (QED) is 0.319. The zero-order chi connectivity index (χ0) is 27.0. The summed E-state index contributed by atoms with van der Waals surface area (Å²) >= 11 is 12.7. The molecule has 1 spiro atoms. The number of aryl methyl sites for hydroxylation is 1. The summed E-state index contributed by atoms with van der Waals surface area (Å²) in [4.78, 5) is 10.9. The lowest BCUT2D eigenvalue weighted by molar-refractivity contribution is -0.0614. The largest absolute Gasteiger partial charge is 0.358 e. The Morgan fingerprint density at radius 3 is 2.18 bits per heavy atom. The molecule has 3 aromatic rings. The second-order valence-corrected chi connectivity index (χ2v) is 10.8. The molecule has 1 atom stereocenters. The number of rotatable bonds is 5. The number of likely N-dealkylation sites (tertiary alicyclic amines) is 1. The monoisotopic (exact) mass is 549 g/mol. The number of piperidine rings is 1. The van der Waals surface area contributed by atoms with E-state index in [0.29, 0.717) is 10.0 Å². The summed E-state index contributed by atoms with van der Waals surface area (Å²) in [5.74, 6) is 0. The fourth-order valence-corrected chi connectivity index (χ4v) is 5.81. The molecule has 2 saturated heterocycles. The first-order valence-corrected chi connectivity index (χ1v) is 14.2. The Labute approximate surface area is 237 Å². The molecule has 2 aromatic heterocycles. The SMILES string of the molecule is CC/C=C1\C(=C/CC)C2(CCN(Cc3ccc(C)cn3)CC2)OC1c1cc(Cl)cc(Cl)c1.c1ccncc1. The van der Waals surface area contributed by atoms with Crippen molar-refractivity contribution in [2.45, 2.75) is 64.7 Å². The number of allylic oxidation sites excluding steroid dienone is 2. The highest BCUT2D eigenvalue weighted by molar-refractivity contribution is 6.34.